The zero-order valence-electron chi connectivity index (χ0n) is 12.6. The van der Waals surface area contributed by atoms with Crippen LogP contribution in [0.25, 0.3) is 0 Å². The van der Waals surface area contributed by atoms with Gasteiger partial charge < -0.3 is 4.74 Å². The first-order valence-corrected chi connectivity index (χ1v) is 7.82. The predicted octanol–water partition coefficient (Wildman–Crippen LogP) is 3.80. The Hall–Kier alpha value is -2.49. The number of para-hydroxylation sites is 2. The Bertz CT molecular complexity index is 713. The van der Waals surface area contributed by atoms with Gasteiger partial charge in [0.25, 0.3) is 0 Å². The fourth-order valence-electron chi connectivity index (χ4n) is 3.26. The van der Waals surface area contributed by atoms with Gasteiger partial charge in [0, 0.05) is 0 Å². The van der Waals surface area contributed by atoms with Gasteiger partial charge in [0.1, 0.15) is 0 Å². The molecule has 0 amide bonds. The molecule has 1 atom stereocenters. The number of nitrogens with one attached hydrogen (secondary N) is 1. The molecule has 0 fully saturated rings. The van der Waals surface area contributed by atoms with Crippen molar-refractivity contribution in [2.24, 2.45) is 5.10 Å². The molecule has 0 saturated heterocycles. The maximum Gasteiger partial charge on any atom is 0.321 e. The lowest BCUT2D eigenvalue weighted by Crippen LogP contribution is -2.51. The van der Waals surface area contributed by atoms with Crippen molar-refractivity contribution in [1.29, 1.82) is 0 Å². The molecule has 2 aromatic rings. The van der Waals surface area contributed by atoms with Crippen LogP contribution in [-0.2, 0) is 5.66 Å². The van der Waals surface area contributed by atoms with Gasteiger partial charge in [-0.15, -0.1) is 5.10 Å². The van der Waals surface area contributed by atoms with Gasteiger partial charge in [-0.05, 0) is 30.5 Å². The highest BCUT2D eigenvalue weighted by Crippen LogP contribution is 2.46. The summed E-state index contributed by atoms with van der Waals surface area (Å²) in [6, 6.07) is 19.3. The number of unbranched alkanes of at least 4 members (excludes halogenated alkanes) is 1. The van der Waals surface area contributed by atoms with Crippen LogP contribution in [-0.4, -0.2) is 6.02 Å². The van der Waals surface area contributed by atoms with Crippen LogP contribution < -0.4 is 15.1 Å². The maximum atomic E-state index is 5.90. The van der Waals surface area contributed by atoms with E-state index < -0.39 is 0 Å². The normalized spacial score (nSPS) is 21.7. The van der Waals surface area contributed by atoms with Crippen LogP contribution in [0.1, 0.15) is 31.7 Å². The van der Waals surface area contributed by atoms with Gasteiger partial charge in [0.2, 0.25) is 0 Å². The van der Waals surface area contributed by atoms with E-state index in [-0.39, 0.29) is 5.66 Å². The first-order valence-electron chi connectivity index (χ1n) is 7.82. The number of amidine groups is 1. The number of anilines is 1. The zero-order chi connectivity index (χ0) is 15.0. The van der Waals surface area contributed by atoms with Gasteiger partial charge in [-0.2, -0.15) is 0 Å². The molecule has 0 saturated carbocycles. The quantitative estimate of drug-likeness (QED) is 0.931. The van der Waals surface area contributed by atoms with Crippen molar-refractivity contribution in [1.82, 2.24) is 5.43 Å². The molecule has 4 heteroatoms. The van der Waals surface area contributed by atoms with E-state index in [0.29, 0.717) is 6.02 Å². The van der Waals surface area contributed by atoms with Crippen LogP contribution in [0.4, 0.5) is 5.69 Å². The Kier molecular flexibility index (Phi) is 3.03. The Balaban J connectivity index is 1.83. The highest BCUT2D eigenvalue weighted by atomic mass is 16.5. The zero-order valence-corrected chi connectivity index (χ0v) is 12.6. The van der Waals surface area contributed by atoms with Gasteiger partial charge in [-0.1, -0.05) is 55.8 Å². The van der Waals surface area contributed by atoms with Crippen LogP contribution >= 0.6 is 0 Å². The second kappa shape index (κ2) is 5.05. The summed E-state index contributed by atoms with van der Waals surface area (Å²) in [6.07, 6.45) is 3.23. The first-order chi connectivity index (χ1) is 10.8. The molecular formula is C18H19N3O. The lowest BCUT2D eigenvalue weighted by atomic mass is 9.92. The number of rotatable bonds is 4. The fourth-order valence-corrected chi connectivity index (χ4v) is 3.26. The standard InChI is InChI=1S/C18H19N3O/c1-2-3-13-18(14-9-5-4-6-10-14)20-19-17-21(18)15-11-7-8-12-16(15)22-17/h4-12,20H,2-3,13H2,1H3. The lowest BCUT2D eigenvalue weighted by molar-refractivity contribution is 0.341. The van der Waals surface area contributed by atoms with E-state index in [9.17, 15) is 0 Å². The maximum absolute atomic E-state index is 5.90. The van der Waals surface area contributed by atoms with Crippen molar-refractivity contribution in [2.45, 2.75) is 31.8 Å². The molecule has 22 heavy (non-hydrogen) atoms. The molecule has 112 valence electrons. The van der Waals surface area contributed by atoms with Gasteiger partial charge in [0.15, 0.2) is 11.4 Å². The summed E-state index contributed by atoms with van der Waals surface area (Å²) >= 11 is 0. The summed E-state index contributed by atoms with van der Waals surface area (Å²) in [5, 5.41) is 4.47. The molecule has 0 aromatic heterocycles. The van der Waals surface area contributed by atoms with Gasteiger partial charge in [-0.25, -0.2) is 0 Å². The summed E-state index contributed by atoms with van der Waals surface area (Å²) < 4.78 is 5.90. The Labute approximate surface area is 130 Å². The Morgan fingerprint density at radius 2 is 1.86 bits per heavy atom. The largest absolute Gasteiger partial charge is 0.422 e. The van der Waals surface area contributed by atoms with Gasteiger partial charge in [0.05, 0.1) is 5.69 Å². The summed E-state index contributed by atoms with van der Waals surface area (Å²) in [5.74, 6) is 0.875. The molecule has 0 spiro atoms. The van der Waals surface area contributed by atoms with Crippen LogP contribution in [0.3, 0.4) is 0 Å². The van der Waals surface area contributed by atoms with Crippen molar-refractivity contribution >= 4 is 11.7 Å². The Morgan fingerprint density at radius 3 is 2.68 bits per heavy atom. The summed E-state index contributed by atoms with van der Waals surface area (Å²) in [5.41, 5.74) is 5.28. The lowest BCUT2D eigenvalue weighted by Gasteiger charge is -2.37. The topological polar surface area (TPSA) is 36.9 Å². The van der Waals surface area contributed by atoms with Crippen LogP contribution in [0.5, 0.6) is 5.75 Å². The second-order valence-corrected chi connectivity index (χ2v) is 5.74. The number of hydrazone groups is 1. The van der Waals surface area contributed by atoms with E-state index in [1.807, 2.05) is 24.3 Å². The van der Waals surface area contributed by atoms with E-state index in [1.165, 1.54) is 5.56 Å². The molecule has 4 nitrogen and oxygen atoms in total. The minimum absolute atomic E-state index is 0.362. The van der Waals surface area contributed by atoms with Crippen molar-refractivity contribution in [3.8, 4) is 5.75 Å². The highest BCUT2D eigenvalue weighted by Gasteiger charge is 2.50. The molecular weight excluding hydrogens is 274 g/mol. The third-order valence-electron chi connectivity index (χ3n) is 4.36. The first kappa shape index (κ1) is 13.2. The van der Waals surface area contributed by atoms with Gasteiger partial charge >= 0.3 is 6.02 Å². The second-order valence-electron chi connectivity index (χ2n) is 5.74. The third kappa shape index (κ3) is 1.80. The number of nitrogens with zero attached hydrogens (tertiary/aromatic N) is 2. The summed E-state index contributed by atoms with van der Waals surface area (Å²) in [7, 11) is 0. The van der Waals surface area contributed by atoms with Crippen molar-refractivity contribution in [3.63, 3.8) is 0 Å². The van der Waals surface area contributed by atoms with Crippen LogP contribution in [0, 0.1) is 0 Å². The smallest absolute Gasteiger partial charge is 0.321 e. The van der Waals surface area contributed by atoms with E-state index in [0.717, 1.165) is 30.7 Å². The monoisotopic (exact) mass is 293 g/mol. The average Bonchev–Trinajstić information content (AvgIpc) is 3.12. The molecule has 1 unspecified atom stereocenters. The minimum Gasteiger partial charge on any atom is -0.422 e. The molecule has 2 aliphatic heterocycles. The number of hydrogen-bond donors (Lipinski definition) is 1. The molecule has 0 aliphatic carbocycles. The molecule has 2 aliphatic rings. The predicted molar refractivity (Wildman–Crippen MR) is 87.8 cm³/mol. The fraction of sp³-hybridized carbons (Fsp3) is 0.278. The number of hydrogen-bond acceptors (Lipinski definition) is 4. The molecule has 0 bridgehead atoms. The highest BCUT2D eigenvalue weighted by molar-refractivity contribution is 6.02. The molecule has 2 heterocycles. The summed E-state index contributed by atoms with van der Waals surface area (Å²) in [4.78, 5) is 2.20. The minimum atomic E-state index is -0.362. The van der Waals surface area contributed by atoms with Crippen LogP contribution in [0.15, 0.2) is 59.7 Å². The van der Waals surface area contributed by atoms with E-state index in [2.05, 4.69) is 52.7 Å². The number of fused-ring (bicyclic) bond motifs is 3. The summed E-state index contributed by atoms with van der Waals surface area (Å²) in [6.45, 7) is 2.21. The third-order valence-corrected chi connectivity index (χ3v) is 4.36. The molecule has 2 aromatic carbocycles. The van der Waals surface area contributed by atoms with Gasteiger partial charge in [-0.3, -0.25) is 10.3 Å². The van der Waals surface area contributed by atoms with Crippen molar-refractivity contribution in [2.75, 3.05) is 4.90 Å². The molecule has 4 rings (SSSR count). The number of ether oxygens (including phenoxy) is 1. The Morgan fingerprint density at radius 1 is 1.09 bits per heavy atom. The average molecular weight is 293 g/mol. The SMILES string of the molecule is CCCCC1(c2ccccc2)NN=C2Oc3ccccc3N21. The van der Waals surface area contributed by atoms with Crippen LogP contribution in [0.2, 0.25) is 0 Å². The van der Waals surface area contributed by atoms with E-state index >= 15 is 0 Å². The van der Waals surface area contributed by atoms with E-state index in [1.54, 1.807) is 0 Å². The number of benzene rings is 2. The molecule has 1 N–H and O–H groups in total. The molecule has 0 radical (unpaired) electrons. The van der Waals surface area contributed by atoms with Crippen molar-refractivity contribution in [3.05, 3.63) is 60.2 Å². The van der Waals surface area contributed by atoms with E-state index in [4.69, 9.17) is 4.74 Å². The van der Waals surface area contributed by atoms with Crippen molar-refractivity contribution < 1.29 is 4.74 Å².